The first-order valence-electron chi connectivity index (χ1n) is 11.7. The fraction of sp³-hybridized carbons (Fsp3) is 0.458. The van der Waals surface area contributed by atoms with Gasteiger partial charge in [-0.15, -0.1) is 11.3 Å². The summed E-state index contributed by atoms with van der Waals surface area (Å²) in [5.74, 6) is -0.668. The van der Waals surface area contributed by atoms with Gasteiger partial charge < -0.3 is 14.8 Å². The minimum Gasteiger partial charge on any atom is -0.466 e. The number of carbonyl (C=O) groups is 1. The number of aliphatic imine (C=N–C) groups is 1. The molecule has 2 saturated heterocycles. The molecule has 8 nitrogen and oxygen atoms in total. The highest BCUT2D eigenvalue weighted by Crippen LogP contribution is 2.37. The van der Waals surface area contributed by atoms with Crippen molar-refractivity contribution in [2.75, 3.05) is 46.5 Å². The maximum absolute atomic E-state index is 13.9. The Balaban J connectivity index is 1.54. The number of carbonyl (C=O) groups excluding carboxylic acids is 1. The summed E-state index contributed by atoms with van der Waals surface area (Å²) >= 11 is 7.78. The molecule has 2 fully saturated rings. The van der Waals surface area contributed by atoms with Crippen molar-refractivity contribution >= 4 is 34.7 Å². The molecule has 2 bridgehead atoms. The van der Waals surface area contributed by atoms with Crippen LogP contribution in [-0.2, 0) is 14.3 Å². The van der Waals surface area contributed by atoms with Crippen LogP contribution in [0.15, 0.2) is 46.0 Å². The van der Waals surface area contributed by atoms with Crippen LogP contribution in [0.3, 0.4) is 0 Å². The molecule has 2 aromatic rings. The summed E-state index contributed by atoms with van der Waals surface area (Å²) in [6.07, 6.45) is -0.770. The van der Waals surface area contributed by atoms with Crippen LogP contribution in [0.1, 0.15) is 16.6 Å². The van der Waals surface area contributed by atoms with Gasteiger partial charge in [-0.25, -0.2) is 22.9 Å². The molecule has 0 amide bonds. The number of nitrogens with zero attached hydrogens (tertiary/aromatic N) is 4. The van der Waals surface area contributed by atoms with Crippen molar-refractivity contribution in [3.05, 3.63) is 62.5 Å². The van der Waals surface area contributed by atoms with Gasteiger partial charge in [0.05, 0.1) is 32.4 Å². The van der Waals surface area contributed by atoms with Crippen LogP contribution >= 0.6 is 22.9 Å². The number of amidine groups is 1. The lowest BCUT2D eigenvalue weighted by Crippen LogP contribution is -2.65. The summed E-state index contributed by atoms with van der Waals surface area (Å²) in [4.78, 5) is 26.2. The fourth-order valence-corrected chi connectivity index (χ4v) is 5.93. The topological polar surface area (TPSA) is 79.3 Å². The minimum atomic E-state index is -2.42. The van der Waals surface area contributed by atoms with Gasteiger partial charge in [-0.2, -0.15) is 0 Å². The molecule has 0 spiro atoms. The number of benzene rings is 1. The molecule has 3 unspecified atom stereocenters. The number of alkyl halides is 2. The molecule has 13 heteroatoms. The van der Waals surface area contributed by atoms with Gasteiger partial charge in [0.1, 0.15) is 11.9 Å². The lowest BCUT2D eigenvalue weighted by atomic mass is 9.94. The van der Waals surface area contributed by atoms with E-state index >= 15 is 0 Å². The van der Waals surface area contributed by atoms with Gasteiger partial charge in [0.25, 0.3) is 6.43 Å². The number of methoxy groups -OCH3 is 1. The Morgan fingerprint density at radius 1 is 1.32 bits per heavy atom. The van der Waals surface area contributed by atoms with E-state index in [-0.39, 0.29) is 29.2 Å². The number of aromatic nitrogens is 1. The first-order chi connectivity index (χ1) is 17.8. The predicted octanol–water partition coefficient (Wildman–Crippen LogP) is 3.10. The number of thiazole rings is 1. The average molecular weight is 556 g/mol. The van der Waals surface area contributed by atoms with Crippen LogP contribution in [0.5, 0.6) is 0 Å². The molecule has 1 aromatic heterocycles. The number of ether oxygens (including phenoxy) is 2. The zero-order chi connectivity index (χ0) is 26.1. The first-order valence-corrected chi connectivity index (χ1v) is 12.9. The largest absolute Gasteiger partial charge is 0.466 e. The number of nitrogens with one attached hydrogen (secondary N) is 1. The smallest absolute Gasteiger partial charge is 0.338 e. The third-order valence-corrected chi connectivity index (χ3v) is 7.76. The van der Waals surface area contributed by atoms with E-state index in [4.69, 9.17) is 26.1 Å². The number of fused-ring (bicyclic) bond motifs is 2. The van der Waals surface area contributed by atoms with Gasteiger partial charge in [0.15, 0.2) is 10.8 Å². The van der Waals surface area contributed by atoms with Crippen molar-refractivity contribution < 1.29 is 27.4 Å². The second-order valence-corrected chi connectivity index (χ2v) is 10.3. The third-order valence-electron chi connectivity index (χ3n) is 6.66. The van der Waals surface area contributed by atoms with Crippen molar-refractivity contribution in [3.63, 3.8) is 0 Å². The second kappa shape index (κ2) is 11.1. The van der Waals surface area contributed by atoms with Crippen molar-refractivity contribution in [2.24, 2.45) is 4.99 Å². The number of piperazine rings is 1. The van der Waals surface area contributed by atoms with Gasteiger partial charge in [0, 0.05) is 59.6 Å². The average Bonchev–Trinajstić information content (AvgIpc) is 3.38. The van der Waals surface area contributed by atoms with Gasteiger partial charge in [-0.05, 0) is 12.1 Å². The maximum Gasteiger partial charge on any atom is 0.338 e. The number of morpholine rings is 1. The van der Waals surface area contributed by atoms with Crippen molar-refractivity contribution in [3.8, 4) is 0 Å². The van der Waals surface area contributed by atoms with E-state index in [0.29, 0.717) is 55.0 Å². The lowest BCUT2D eigenvalue weighted by Gasteiger charge is -2.50. The SMILES string of the molecule is COC(=O)C1=C(CN2C3COCC2CN(CC(F)F)C3)NC(c2nccs2)=NC1c1ccc(F)cc1Cl. The van der Waals surface area contributed by atoms with Crippen LogP contribution in [0.4, 0.5) is 13.2 Å². The molecule has 3 atom stereocenters. The van der Waals surface area contributed by atoms with E-state index < -0.39 is 24.3 Å². The Morgan fingerprint density at radius 2 is 2.08 bits per heavy atom. The number of hydrogen-bond acceptors (Lipinski definition) is 9. The lowest BCUT2D eigenvalue weighted by molar-refractivity contribution is -0.136. The number of halogens is 4. The molecular weight excluding hydrogens is 531 g/mol. The zero-order valence-electron chi connectivity index (χ0n) is 19.9. The quantitative estimate of drug-likeness (QED) is 0.526. The standard InChI is InChI=1S/C24H25ClF3N5O3S/c1-35-24(34)20-18(9-33-14-7-32(10-19(27)28)8-15(33)12-36-11-14)30-22(23-29-4-5-37-23)31-21(20)16-3-2-13(26)6-17(16)25/h2-6,14-15,19,21H,7-12H2,1H3,(H,30,31). The Bertz CT molecular complexity index is 1200. The van der Waals surface area contributed by atoms with E-state index in [0.717, 1.165) is 0 Å². The van der Waals surface area contributed by atoms with E-state index in [1.807, 2.05) is 5.38 Å². The highest BCUT2D eigenvalue weighted by Gasteiger charge is 2.41. The summed E-state index contributed by atoms with van der Waals surface area (Å²) in [6.45, 7) is 1.62. The van der Waals surface area contributed by atoms with Crippen LogP contribution in [-0.4, -0.2) is 91.6 Å². The molecule has 4 heterocycles. The van der Waals surface area contributed by atoms with Gasteiger partial charge in [0.2, 0.25) is 0 Å². The van der Waals surface area contributed by atoms with Crippen LogP contribution in [0, 0.1) is 5.82 Å². The molecule has 198 valence electrons. The first kappa shape index (κ1) is 26.1. The van der Waals surface area contributed by atoms with Gasteiger partial charge in [-0.3, -0.25) is 14.8 Å². The van der Waals surface area contributed by atoms with Crippen molar-refractivity contribution in [2.45, 2.75) is 24.6 Å². The van der Waals surface area contributed by atoms with Crippen LogP contribution < -0.4 is 5.32 Å². The summed E-state index contributed by atoms with van der Waals surface area (Å²) in [6, 6.07) is 2.79. The molecule has 0 radical (unpaired) electrons. The third kappa shape index (κ3) is 5.53. The number of esters is 1. The Hall–Kier alpha value is -2.51. The molecule has 1 aromatic carbocycles. The molecule has 0 saturated carbocycles. The summed E-state index contributed by atoms with van der Waals surface area (Å²) < 4.78 is 50.9. The van der Waals surface area contributed by atoms with E-state index in [2.05, 4.69) is 15.2 Å². The van der Waals surface area contributed by atoms with Crippen LogP contribution in [0.25, 0.3) is 0 Å². The monoisotopic (exact) mass is 555 g/mol. The Kier molecular flexibility index (Phi) is 7.82. The molecule has 3 aliphatic rings. The van der Waals surface area contributed by atoms with Crippen LogP contribution in [0.2, 0.25) is 5.02 Å². The summed E-state index contributed by atoms with van der Waals surface area (Å²) in [5.41, 5.74) is 1.23. The molecule has 37 heavy (non-hydrogen) atoms. The molecule has 5 rings (SSSR count). The van der Waals surface area contributed by atoms with Crippen molar-refractivity contribution in [1.29, 1.82) is 0 Å². The zero-order valence-corrected chi connectivity index (χ0v) is 21.4. The van der Waals surface area contributed by atoms with E-state index in [1.54, 1.807) is 11.1 Å². The predicted molar refractivity (Wildman–Crippen MR) is 133 cm³/mol. The van der Waals surface area contributed by atoms with Gasteiger partial charge >= 0.3 is 5.97 Å². The highest BCUT2D eigenvalue weighted by molar-refractivity contribution is 7.11. The normalized spacial score (nSPS) is 24.7. The number of rotatable bonds is 7. The van der Waals surface area contributed by atoms with E-state index in [1.165, 1.54) is 36.6 Å². The second-order valence-electron chi connectivity index (χ2n) is 9.02. The molecular formula is C24H25ClF3N5O3S. The highest BCUT2D eigenvalue weighted by atomic mass is 35.5. The number of hydrogen-bond donors (Lipinski definition) is 1. The minimum absolute atomic E-state index is 0.126. The summed E-state index contributed by atoms with van der Waals surface area (Å²) in [7, 11) is 1.28. The summed E-state index contributed by atoms with van der Waals surface area (Å²) in [5, 5.41) is 5.82. The Labute approximate surface area is 220 Å². The van der Waals surface area contributed by atoms with Crippen molar-refractivity contribution in [1.82, 2.24) is 20.1 Å². The molecule has 1 N–H and O–H groups in total. The Morgan fingerprint density at radius 3 is 2.70 bits per heavy atom. The fourth-order valence-electron chi connectivity index (χ4n) is 5.07. The van der Waals surface area contributed by atoms with Gasteiger partial charge in [-0.1, -0.05) is 17.7 Å². The maximum atomic E-state index is 13.9. The van der Waals surface area contributed by atoms with E-state index in [9.17, 15) is 18.0 Å². The molecule has 3 aliphatic heterocycles. The molecule has 0 aliphatic carbocycles.